The number of allylic oxidation sites excluding steroid dienone is 1. The Hall–Kier alpha value is -2.83. The molecular formula is C13H14N4O3. The fourth-order valence-electron chi connectivity index (χ4n) is 1.58. The Labute approximate surface area is 115 Å². The molecule has 1 aromatic carbocycles. The number of aromatic nitrogens is 3. The third-order valence-electron chi connectivity index (χ3n) is 2.56. The topological polar surface area (TPSA) is 92.3 Å². The van der Waals surface area contributed by atoms with Crippen molar-refractivity contribution in [2.75, 3.05) is 20.0 Å². The predicted octanol–water partition coefficient (Wildman–Crippen LogP) is 1.23. The van der Waals surface area contributed by atoms with E-state index in [0.29, 0.717) is 11.5 Å². The van der Waals surface area contributed by atoms with Gasteiger partial charge in [-0.05, 0) is 23.8 Å². The minimum absolute atomic E-state index is 0.0536. The largest absolute Gasteiger partial charge is 0.493 e. The van der Waals surface area contributed by atoms with Gasteiger partial charge in [-0.1, -0.05) is 6.07 Å². The number of carbonyl (C=O) groups is 1. The lowest BCUT2D eigenvalue weighted by Gasteiger charge is -2.07. The van der Waals surface area contributed by atoms with Crippen LogP contribution < -0.4 is 15.2 Å². The summed E-state index contributed by atoms with van der Waals surface area (Å²) in [6, 6.07) is 5.33. The lowest BCUT2D eigenvalue weighted by Crippen LogP contribution is -2.08. The molecule has 0 aliphatic rings. The molecule has 0 atom stereocenters. The van der Waals surface area contributed by atoms with Crippen LogP contribution in [-0.4, -0.2) is 34.9 Å². The van der Waals surface area contributed by atoms with Crippen LogP contribution in [0.15, 0.2) is 30.6 Å². The minimum Gasteiger partial charge on any atom is -0.493 e. The number of anilines is 1. The van der Waals surface area contributed by atoms with Crippen LogP contribution in [0.1, 0.15) is 10.4 Å². The highest BCUT2D eigenvalue weighted by molar-refractivity contribution is 5.93. The summed E-state index contributed by atoms with van der Waals surface area (Å²) in [6.45, 7) is 0. The van der Waals surface area contributed by atoms with Gasteiger partial charge in [0.2, 0.25) is 5.95 Å². The number of carbonyl (C=O) groups excluding carboxylic acids is 1. The quantitative estimate of drug-likeness (QED) is 0.843. The Balaban J connectivity index is 2.17. The third-order valence-corrected chi connectivity index (χ3v) is 2.56. The predicted molar refractivity (Wildman–Crippen MR) is 73.6 cm³/mol. The molecule has 0 spiro atoms. The van der Waals surface area contributed by atoms with Crippen LogP contribution in [0, 0.1) is 0 Å². The summed E-state index contributed by atoms with van der Waals surface area (Å²) in [7, 11) is 3.11. The molecule has 7 heteroatoms. The second kappa shape index (κ2) is 5.87. The summed E-state index contributed by atoms with van der Waals surface area (Å²) in [5.41, 5.74) is 6.14. The molecule has 1 aromatic heterocycles. The van der Waals surface area contributed by atoms with Gasteiger partial charge in [0.1, 0.15) is 6.33 Å². The molecule has 1 heterocycles. The molecule has 0 fully saturated rings. The summed E-state index contributed by atoms with van der Waals surface area (Å²) >= 11 is 0. The molecule has 2 N–H and O–H groups in total. The third kappa shape index (κ3) is 2.94. The summed E-state index contributed by atoms with van der Waals surface area (Å²) in [5.74, 6) is 0.925. The van der Waals surface area contributed by atoms with Crippen molar-refractivity contribution in [3.05, 3.63) is 36.2 Å². The molecule has 0 radical (unpaired) electrons. The first-order valence-corrected chi connectivity index (χ1v) is 5.75. The van der Waals surface area contributed by atoms with Crippen LogP contribution in [0.3, 0.4) is 0 Å². The first-order valence-electron chi connectivity index (χ1n) is 5.75. The van der Waals surface area contributed by atoms with Crippen molar-refractivity contribution in [2.45, 2.75) is 0 Å². The van der Waals surface area contributed by atoms with Gasteiger partial charge in [0, 0.05) is 6.08 Å². The Bertz CT molecular complexity index is 649. The number of benzene rings is 1. The summed E-state index contributed by atoms with van der Waals surface area (Å²) in [5, 5.41) is 3.72. The Morgan fingerprint density at radius 2 is 2.05 bits per heavy atom. The molecule has 0 bridgehead atoms. The number of nitrogens with zero attached hydrogens (tertiary/aromatic N) is 3. The summed E-state index contributed by atoms with van der Waals surface area (Å²) in [6.07, 6.45) is 4.27. The zero-order valence-electron chi connectivity index (χ0n) is 11.1. The monoisotopic (exact) mass is 274 g/mol. The van der Waals surface area contributed by atoms with E-state index in [2.05, 4.69) is 10.1 Å². The van der Waals surface area contributed by atoms with E-state index in [4.69, 9.17) is 15.2 Å². The van der Waals surface area contributed by atoms with Crippen LogP contribution >= 0.6 is 0 Å². The lowest BCUT2D eigenvalue weighted by molar-refractivity contribution is 0.0955. The van der Waals surface area contributed by atoms with Gasteiger partial charge in [-0.25, -0.2) is 4.98 Å². The normalized spacial score (nSPS) is 10.7. The second-order valence-corrected chi connectivity index (χ2v) is 3.83. The van der Waals surface area contributed by atoms with E-state index in [0.717, 1.165) is 10.2 Å². The molecule has 0 aliphatic carbocycles. The highest BCUT2D eigenvalue weighted by atomic mass is 16.5. The van der Waals surface area contributed by atoms with Crippen LogP contribution in [0.25, 0.3) is 6.08 Å². The van der Waals surface area contributed by atoms with Gasteiger partial charge in [-0.15, -0.1) is 5.10 Å². The molecule has 7 nitrogen and oxygen atoms in total. The van der Waals surface area contributed by atoms with Crippen LogP contribution in [0.4, 0.5) is 5.95 Å². The standard InChI is InChI=1S/C13H14N4O3/c1-19-10-5-3-9(7-11(10)20-2)4-6-12(18)17-8-15-13(14)16-17/h3-8H,1-2H3,(H2,14,16). The average molecular weight is 274 g/mol. The lowest BCUT2D eigenvalue weighted by atomic mass is 10.2. The highest BCUT2D eigenvalue weighted by Gasteiger charge is 2.05. The molecule has 0 saturated heterocycles. The van der Waals surface area contributed by atoms with Crippen LogP contribution in [0.2, 0.25) is 0 Å². The molecular weight excluding hydrogens is 260 g/mol. The zero-order valence-corrected chi connectivity index (χ0v) is 11.1. The molecule has 2 rings (SSSR count). The maximum Gasteiger partial charge on any atom is 0.272 e. The van der Waals surface area contributed by atoms with E-state index in [1.54, 1.807) is 38.5 Å². The van der Waals surface area contributed by atoms with E-state index >= 15 is 0 Å². The van der Waals surface area contributed by atoms with Crippen molar-refractivity contribution in [2.24, 2.45) is 0 Å². The number of methoxy groups -OCH3 is 2. The molecule has 0 saturated carbocycles. The Morgan fingerprint density at radius 1 is 1.30 bits per heavy atom. The number of nitrogens with two attached hydrogens (primary N) is 1. The van der Waals surface area contributed by atoms with Crippen molar-refractivity contribution < 1.29 is 14.3 Å². The van der Waals surface area contributed by atoms with Gasteiger partial charge in [0.05, 0.1) is 14.2 Å². The van der Waals surface area contributed by atoms with Crippen molar-refractivity contribution in [1.29, 1.82) is 0 Å². The van der Waals surface area contributed by atoms with Crippen LogP contribution in [-0.2, 0) is 0 Å². The van der Waals surface area contributed by atoms with E-state index in [9.17, 15) is 4.79 Å². The van der Waals surface area contributed by atoms with Gasteiger partial charge in [0.25, 0.3) is 5.91 Å². The fourth-order valence-corrected chi connectivity index (χ4v) is 1.58. The summed E-state index contributed by atoms with van der Waals surface area (Å²) in [4.78, 5) is 15.5. The van der Waals surface area contributed by atoms with Crippen molar-refractivity contribution >= 4 is 17.9 Å². The molecule has 0 amide bonds. The first kappa shape index (κ1) is 13.6. The van der Waals surface area contributed by atoms with E-state index in [-0.39, 0.29) is 11.9 Å². The number of hydrogen-bond donors (Lipinski definition) is 1. The van der Waals surface area contributed by atoms with Gasteiger partial charge >= 0.3 is 0 Å². The molecule has 20 heavy (non-hydrogen) atoms. The smallest absolute Gasteiger partial charge is 0.272 e. The minimum atomic E-state index is -0.344. The van der Waals surface area contributed by atoms with E-state index in [1.165, 1.54) is 12.4 Å². The SMILES string of the molecule is COc1ccc(C=CC(=O)n2cnc(N)n2)cc1OC. The van der Waals surface area contributed by atoms with E-state index < -0.39 is 0 Å². The number of hydrogen-bond acceptors (Lipinski definition) is 6. The second-order valence-electron chi connectivity index (χ2n) is 3.83. The number of ether oxygens (including phenoxy) is 2. The molecule has 0 aliphatic heterocycles. The van der Waals surface area contributed by atoms with Gasteiger partial charge in [-0.2, -0.15) is 4.68 Å². The fraction of sp³-hybridized carbons (Fsp3) is 0.154. The summed E-state index contributed by atoms with van der Waals surface area (Å²) < 4.78 is 11.4. The highest BCUT2D eigenvalue weighted by Crippen LogP contribution is 2.27. The van der Waals surface area contributed by atoms with E-state index in [1.807, 2.05) is 0 Å². The molecule has 0 unspecified atom stereocenters. The van der Waals surface area contributed by atoms with Gasteiger partial charge < -0.3 is 15.2 Å². The number of rotatable bonds is 4. The average Bonchev–Trinajstić information content (AvgIpc) is 2.91. The molecule has 104 valence electrons. The first-order chi connectivity index (χ1) is 9.63. The zero-order chi connectivity index (χ0) is 14.5. The van der Waals surface area contributed by atoms with Gasteiger partial charge in [0.15, 0.2) is 11.5 Å². The van der Waals surface area contributed by atoms with Crippen molar-refractivity contribution in [3.8, 4) is 11.5 Å². The number of nitrogen functional groups attached to an aromatic ring is 1. The maximum absolute atomic E-state index is 11.8. The van der Waals surface area contributed by atoms with Crippen molar-refractivity contribution in [1.82, 2.24) is 14.8 Å². The van der Waals surface area contributed by atoms with Crippen LogP contribution in [0.5, 0.6) is 11.5 Å². The Kier molecular flexibility index (Phi) is 3.99. The van der Waals surface area contributed by atoms with Crippen molar-refractivity contribution in [3.63, 3.8) is 0 Å². The maximum atomic E-state index is 11.8. The Morgan fingerprint density at radius 3 is 2.65 bits per heavy atom. The molecule has 2 aromatic rings. The van der Waals surface area contributed by atoms with Gasteiger partial charge in [-0.3, -0.25) is 4.79 Å².